The fourth-order valence-electron chi connectivity index (χ4n) is 2.05. The van der Waals surface area contributed by atoms with Gasteiger partial charge < -0.3 is 4.74 Å². The lowest BCUT2D eigenvalue weighted by Crippen LogP contribution is -2.28. The maximum absolute atomic E-state index is 5.74. The second-order valence-corrected chi connectivity index (χ2v) is 4.77. The number of rotatable bonds is 5. The summed E-state index contributed by atoms with van der Waals surface area (Å²) in [7, 11) is 0. The van der Waals surface area contributed by atoms with Crippen LogP contribution in [0.25, 0.3) is 0 Å². The van der Waals surface area contributed by atoms with E-state index in [9.17, 15) is 0 Å². The molecule has 2 aromatic rings. The number of nitrogens with two attached hydrogens (primary N) is 1. The lowest BCUT2D eigenvalue weighted by Gasteiger charge is -2.16. The lowest BCUT2D eigenvalue weighted by molar-refractivity contribution is 0.303. The summed E-state index contributed by atoms with van der Waals surface area (Å²) in [5.41, 5.74) is 4.96. The fourth-order valence-corrected chi connectivity index (χ4v) is 2.05. The predicted molar refractivity (Wildman–Crippen MR) is 73.5 cm³/mol. The van der Waals surface area contributed by atoms with Gasteiger partial charge in [-0.05, 0) is 42.2 Å². The average Bonchev–Trinajstić information content (AvgIpc) is 3.27. The highest BCUT2D eigenvalue weighted by Gasteiger charge is 2.23. The van der Waals surface area contributed by atoms with Crippen LogP contribution in [0, 0.1) is 0 Å². The molecule has 19 heavy (non-hydrogen) atoms. The van der Waals surface area contributed by atoms with Crippen LogP contribution in [0.1, 0.15) is 30.0 Å². The third-order valence-electron chi connectivity index (χ3n) is 3.22. The first-order valence-electron chi connectivity index (χ1n) is 6.49. The van der Waals surface area contributed by atoms with Crippen LogP contribution >= 0.6 is 0 Å². The van der Waals surface area contributed by atoms with Crippen molar-refractivity contribution in [1.29, 1.82) is 0 Å². The molecule has 1 atom stereocenters. The van der Waals surface area contributed by atoms with Gasteiger partial charge in [0.1, 0.15) is 5.75 Å². The van der Waals surface area contributed by atoms with Gasteiger partial charge in [-0.3, -0.25) is 10.8 Å². The summed E-state index contributed by atoms with van der Waals surface area (Å²) in [6, 6.07) is 11.9. The monoisotopic (exact) mass is 255 g/mol. The highest BCUT2D eigenvalue weighted by atomic mass is 16.5. The minimum Gasteiger partial charge on any atom is -0.490 e. The highest BCUT2D eigenvalue weighted by Crippen LogP contribution is 2.28. The summed E-state index contributed by atoms with van der Waals surface area (Å²) in [6.07, 6.45) is 6.34. The van der Waals surface area contributed by atoms with Crippen molar-refractivity contribution in [3.05, 3.63) is 59.9 Å². The Morgan fingerprint density at radius 2 is 1.95 bits per heavy atom. The van der Waals surface area contributed by atoms with Crippen LogP contribution in [-0.4, -0.2) is 11.1 Å². The van der Waals surface area contributed by atoms with Crippen LogP contribution in [0.4, 0.5) is 0 Å². The SMILES string of the molecule is NNC(c1ccc(OC2CC2)cc1)c1cccnc1. The number of benzene rings is 1. The van der Waals surface area contributed by atoms with Crippen LogP contribution in [0.5, 0.6) is 5.75 Å². The van der Waals surface area contributed by atoms with E-state index < -0.39 is 0 Å². The van der Waals surface area contributed by atoms with Gasteiger partial charge in [0.25, 0.3) is 0 Å². The number of hydrazine groups is 1. The van der Waals surface area contributed by atoms with Crippen molar-refractivity contribution in [1.82, 2.24) is 10.4 Å². The number of nitrogens with zero attached hydrogens (tertiary/aromatic N) is 1. The molecule has 4 heteroatoms. The first-order valence-corrected chi connectivity index (χ1v) is 6.49. The van der Waals surface area contributed by atoms with E-state index in [0.717, 1.165) is 16.9 Å². The molecule has 0 saturated heterocycles. The Morgan fingerprint density at radius 1 is 1.16 bits per heavy atom. The van der Waals surface area contributed by atoms with E-state index in [4.69, 9.17) is 10.6 Å². The van der Waals surface area contributed by atoms with Gasteiger partial charge in [0.2, 0.25) is 0 Å². The number of nitrogens with one attached hydrogen (secondary N) is 1. The Bertz CT molecular complexity index is 523. The third-order valence-corrected chi connectivity index (χ3v) is 3.22. The van der Waals surface area contributed by atoms with E-state index in [1.165, 1.54) is 12.8 Å². The van der Waals surface area contributed by atoms with Crippen molar-refractivity contribution in [2.45, 2.75) is 25.0 Å². The summed E-state index contributed by atoms with van der Waals surface area (Å²) >= 11 is 0. The molecule has 0 amide bonds. The molecule has 1 heterocycles. The molecule has 3 rings (SSSR count). The van der Waals surface area contributed by atoms with Crippen LogP contribution < -0.4 is 16.0 Å². The van der Waals surface area contributed by atoms with E-state index >= 15 is 0 Å². The zero-order valence-electron chi connectivity index (χ0n) is 10.6. The number of aromatic nitrogens is 1. The molecule has 4 nitrogen and oxygen atoms in total. The largest absolute Gasteiger partial charge is 0.490 e. The zero-order chi connectivity index (χ0) is 13.1. The lowest BCUT2D eigenvalue weighted by atomic mass is 10.0. The molecule has 3 N–H and O–H groups in total. The van der Waals surface area contributed by atoms with Gasteiger partial charge in [0.05, 0.1) is 12.1 Å². The molecule has 0 spiro atoms. The molecule has 0 aliphatic heterocycles. The molecule has 1 fully saturated rings. The summed E-state index contributed by atoms with van der Waals surface area (Å²) in [5, 5.41) is 0. The minimum atomic E-state index is -0.0522. The first-order chi connectivity index (χ1) is 9.36. The molecule has 1 saturated carbocycles. The number of hydrogen-bond acceptors (Lipinski definition) is 4. The summed E-state index contributed by atoms with van der Waals surface area (Å²) in [6.45, 7) is 0. The molecular formula is C15H17N3O. The molecule has 1 aliphatic carbocycles. The van der Waals surface area contributed by atoms with E-state index in [2.05, 4.69) is 10.4 Å². The van der Waals surface area contributed by atoms with E-state index in [1.807, 2.05) is 42.6 Å². The summed E-state index contributed by atoms with van der Waals surface area (Å²) in [5.74, 6) is 6.58. The zero-order valence-corrected chi connectivity index (χ0v) is 10.6. The van der Waals surface area contributed by atoms with Crippen LogP contribution in [0.3, 0.4) is 0 Å². The van der Waals surface area contributed by atoms with Gasteiger partial charge in [0.15, 0.2) is 0 Å². The molecule has 1 unspecified atom stereocenters. The van der Waals surface area contributed by atoms with Gasteiger partial charge in [-0.1, -0.05) is 18.2 Å². The Balaban J connectivity index is 1.79. The summed E-state index contributed by atoms with van der Waals surface area (Å²) < 4.78 is 5.74. The first kappa shape index (κ1) is 12.1. The highest BCUT2D eigenvalue weighted by molar-refractivity contribution is 5.34. The van der Waals surface area contributed by atoms with Crippen LogP contribution in [0.2, 0.25) is 0 Å². The number of ether oxygens (including phenoxy) is 1. The average molecular weight is 255 g/mol. The fraction of sp³-hybridized carbons (Fsp3) is 0.267. The van der Waals surface area contributed by atoms with Crippen molar-refractivity contribution in [3.63, 3.8) is 0 Å². The topological polar surface area (TPSA) is 60.2 Å². The van der Waals surface area contributed by atoms with Gasteiger partial charge >= 0.3 is 0 Å². The molecule has 98 valence electrons. The van der Waals surface area contributed by atoms with E-state index in [-0.39, 0.29) is 6.04 Å². The van der Waals surface area contributed by atoms with Gasteiger partial charge in [-0.15, -0.1) is 0 Å². The normalized spacial score (nSPS) is 16.1. The third kappa shape index (κ3) is 2.92. The van der Waals surface area contributed by atoms with Crippen molar-refractivity contribution in [3.8, 4) is 5.75 Å². The second-order valence-electron chi connectivity index (χ2n) is 4.77. The number of pyridine rings is 1. The quantitative estimate of drug-likeness (QED) is 0.635. The van der Waals surface area contributed by atoms with Gasteiger partial charge in [-0.25, -0.2) is 5.43 Å². The Morgan fingerprint density at radius 3 is 2.53 bits per heavy atom. The van der Waals surface area contributed by atoms with Gasteiger partial charge in [0, 0.05) is 12.4 Å². The van der Waals surface area contributed by atoms with Crippen molar-refractivity contribution in [2.75, 3.05) is 0 Å². The Hall–Kier alpha value is -1.91. The van der Waals surface area contributed by atoms with E-state index in [1.54, 1.807) is 6.20 Å². The number of hydrogen-bond donors (Lipinski definition) is 2. The van der Waals surface area contributed by atoms with Crippen LogP contribution in [-0.2, 0) is 0 Å². The minimum absolute atomic E-state index is 0.0522. The Labute approximate surface area is 112 Å². The standard InChI is InChI=1S/C15H17N3O/c16-18-15(12-2-1-9-17-10-12)11-3-5-13(6-4-11)19-14-7-8-14/h1-6,9-10,14-15,18H,7-8,16H2. The molecule has 1 aromatic heterocycles. The van der Waals surface area contributed by atoms with Crippen molar-refractivity contribution >= 4 is 0 Å². The van der Waals surface area contributed by atoms with Crippen molar-refractivity contribution in [2.24, 2.45) is 5.84 Å². The summed E-state index contributed by atoms with van der Waals surface area (Å²) in [4.78, 5) is 4.12. The Kier molecular flexibility index (Phi) is 3.44. The molecule has 1 aliphatic rings. The molecular weight excluding hydrogens is 238 g/mol. The maximum Gasteiger partial charge on any atom is 0.119 e. The second kappa shape index (κ2) is 5.38. The van der Waals surface area contributed by atoms with Crippen molar-refractivity contribution < 1.29 is 4.74 Å². The van der Waals surface area contributed by atoms with E-state index in [0.29, 0.717) is 6.10 Å². The smallest absolute Gasteiger partial charge is 0.119 e. The molecule has 0 bridgehead atoms. The van der Waals surface area contributed by atoms with Crippen LogP contribution in [0.15, 0.2) is 48.8 Å². The molecule has 0 radical (unpaired) electrons. The van der Waals surface area contributed by atoms with Gasteiger partial charge in [-0.2, -0.15) is 0 Å². The molecule has 1 aromatic carbocycles. The predicted octanol–water partition coefficient (Wildman–Crippen LogP) is 2.18. The maximum atomic E-state index is 5.74.